The molecule has 0 spiro atoms. The zero-order valence-electron chi connectivity index (χ0n) is 31.5. The molecule has 0 saturated carbocycles. The van der Waals surface area contributed by atoms with Crippen molar-refractivity contribution in [3.63, 3.8) is 0 Å². The summed E-state index contributed by atoms with van der Waals surface area (Å²) >= 11 is 0. The highest BCUT2D eigenvalue weighted by atomic mass is 16.7. The van der Waals surface area contributed by atoms with Crippen LogP contribution in [0.1, 0.15) is 162 Å². The minimum absolute atomic E-state index is 0.306. The zero-order chi connectivity index (χ0) is 36.8. The summed E-state index contributed by atoms with van der Waals surface area (Å²) in [5, 5.41) is 64.3. The van der Waals surface area contributed by atoms with Crippen LogP contribution >= 0.6 is 0 Å². The van der Waals surface area contributed by atoms with Crippen molar-refractivity contribution in [1.29, 1.82) is 0 Å². The van der Waals surface area contributed by atoms with Gasteiger partial charge in [-0.3, -0.25) is 4.79 Å². The standard InChI is InChI=1S/C40H75NO9/c1-3-5-7-9-11-13-15-17-19-21-23-25-27-29-34(44)39(48)41-32(31-49-40-38(47)37(46)36(45)35(30-42)50-40)33(43)28-26-24-22-20-18-16-14-12-10-8-6-4-2/h18,20,26,28,32-38,40,42-47H,3-17,19,21-25,27,29-31H2,1-2H3,(H,41,48)/b20-18+,28-26+. The largest absolute Gasteiger partial charge is 0.394 e. The van der Waals surface area contributed by atoms with Crippen LogP contribution in [-0.2, 0) is 14.3 Å². The molecule has 8 unspecified atom stereocenters. The SMILES string of the molecule is CCCCCCCC/C=C/CC/C=C/C(O)C(COC1OC(CO)C(O)C(O)C1O)NC(=O)C(O)CCCCCCCCCCCCCCC. The third kappa shape index (κ3) is 21.9. The number of aliphatic hydroxyl groups is 6. The summed E-state index contributed by atoms with van der Waals surface area (Å²) < 4.78 is 11.1. The van der Waals surface area contributed by atoms with Gasteiger partial charge in [0.25, 0.3) is 0 Å². The molecular weight excluding hydrogens is 638 g/mol. The first-order valence-corrected chi connectivity index (χ1v) is 20.2. The number of amides is 1. The predicted molar refractivity (Wildman–Crippen MR) is 199 cm³/mol. The first-order chi connectivity index (χ1) is 24.3. The van der Waals surface area contributed by atoms with Gasteiger partial charge in [-0.1, -0.05) is 154 Å². The molecule has 1 heterocycles. The van der Waals surface area contributed by atoms with Crippen LogP contribution in [0.5, 0.6) is 0 Å². The van der Waals surface area contributed by atoms with Gasteiger partial charge in [0.1, 0.15) is 30.5 Å². The van der Waals surface area contributed by atoms with Crippen LogP contribution in [0.15, 0.2) is 24.3 Å². The van der Waals surface area contributed by atoms with E-state index < -0.39 is 61.5 Å². The number of carbonyl (C=O) groups is 1. The van der Waals surface area contributed by atoms with E-state index in [0.29, 0.717) is 19.3 Å². The molecule has 1 aliphatic rings. The van der Waals surface area contributed by atoms with Crippen molar-refractivity contribution in [2.75, 3.05) is 13.2 Å². The first kappa shape index (κ1) is 46.7. The Morgan fingerprint density at radius 3 is 1.74 bits per heavy atom. The molecule has 1 rings (SSSR count). The Kier molecular flexibility index (Phi) is 29.1. The van der Waals surface area contributed by atoms with E-state index in [1.165, 1.54) is 96.3 Å². The molecule has 1 saturated heterocycles. The quantitative estimate of drug-likeness (QED) is 0.0320. The third-order valence-corrected chi connectivity index (χ3v) is 9.64. The van der Waals surface area contributed by atoms with E-state index in [0.717, 1.165) is 32.1 Å². The molecule has 8 atom stereocenters. The fourth-order valence-corrected chi connectivity index (χ4v) is 6.24. The first-order valence-electron chi connectivity index (χ1n) is 20.2. The Balaban J connectivity index is 2.53. The van der Waals surface area contributed by atoms with Crippen molar-refractivity contribution >= 4 is 5.91 Å². The average molecular weight is 714 g/mol. The van der Waals surface area contributed by atoms with Gasteiger partial charge in [-0.2, -0.15) is 0 Å². The van der Waals surface area contributed by atoms with Crippen molar-refractivity contribution in [2.24, 2.45) is 0 Å². The molecule has 0 aromatic rings. The van der Waals surface area contributed by atoms with E-state index in [9.17, 15) is 35.4 Å². The van der Waals surface area contributed by atoms with Gasteiger partial charge >= 0.3 is 0 Å². The number of hydrogen-bond acceptors (Lipinski definition) is 9. The second-order valence-electron chi connectivity index (χ2n) is 14.2. The lowest BCUT2D eigenvalue weighted by Gasteiger charge is -2.40. The fourth-order valence-electron chi connectivity index (χ4n) is 6.24. The average Bonchev–Trinajstić information content (AvgIpc) is 3.11. The molecule has 50 heavy (non-hydrogen) atoms. The number of rotatable bonds is 32. The molecular formula is C40H75NO9. The van der Waals surface area contributed by atoms with Crippen LogP contribution in [-0.4, -0.2) is 98.7 Å². The van der Waals surface area contributed by atoms with Crippen LogP contribution in [0.3, 0.4) is 0 Å². The van der Waals surface area contributed by atoms with Crippen molar-refractivity contribution in [3.8, 4) is 0 Å². The second kappa shape index (κ2) is 31.2. The van der Waals surface area contributed by atoms with Crippen molar-refractivity contribution in [2.45, 2.75) is 210 Å². The number of nitrogens with one attached hydrogen (secondary N) is 1. The topological polar surface area (TPSA) is 169 Å². The number of aliphatic hydroxyl groups excluding tert-OH is 6. The Bertz CT molecular complexity index is 855. The van der Waals surface area contributed by atoms with Gasteiger partial charge in [-0.05, 0) is 32.1 Å². The number of ether oxygens (including phenoxy) is 2. The summed E-state index contributed by atoms with van der Waals surface area (Å²) in [6, 6.07) is -0.990. The van der Waals surface area contributed by atoms with Gasteiger partial charge in [0.05, 0.1) is 25.4 Å². The Hall–Kier alpha value is -1.37. The van der Waals surface area contributed by atoms with Gasteiger partial charge in [-0.25, -0.2) is 0 Å². The monoisotopic (exact) mass is 714 g/mol. The van der Waals surface area contributed by atoms with Gasteiger partial charge in [0.15, 0.2) is 6.29 Å². The minimum atomic E-state index is -1.61. The molecule has 0 aromatic heterocycles. The third-order valence-electron chi connectivity index (χ3n) is 9.64. The molecule has 0 radical (unpaired) electrons. The smallest absolute Gasteiger partial charge is 0.249 e. The van der Waals surface area contributed by atoms with Gasteiger partial charge in [0.2, 0.25) is 5.91 Å². The predicted octanol–water partition coefficient (Wildman–Crippen LogP) is 6.13. The Labute approximate surface area is 303 Å². The van der Waals surface area contributed by atoms with E-state index in [4.69, 9.17) is 9.47 Å². The van der Waals surface area contributed by atoms with Crippen molar-refractivity contribution in [1.82, 2.24) is 5.32 Å². The van der Waals surface area contributed by atoms with Crippen molar-refractivity contribution in [3.05, 3.63) is 24.3 Å². The summed E-state index contributed by atoms with van der Waals surface area (Å²) in [6.45, 7) is 3.54. The van der Waals surface area contributed by atoms with E-state index in [1.807, 2.05) is 6.08 Å². The second-order valence-corrected chi connectivity index (χ2v) is 14.2. The van der Waals surface area contributed by atoms with E-state index in [2.05, 4.69) is 31.3 Å². The molecule has 1 fully saturated rings. The van der Waals surface area contributed by atoms with E-state index in [1.54, 1.807) is 6.08 Å². The maximum atomic E-state index is 12.9. The lowest BCUT2D eigenvalue weighted by Crippen LogP contribution is -2.60. The van der Waals surface area contributed by atoms with Gasteiger partial charge < -0.3 is 45.4 Å². The maximum Gasteiger partial charge on any atom is 0.249 e. The zero-order valence-corrected chi connectivity index (χ0v) is 31.5. The highest BCUT2D eigenvalue weighted by Crippen LogP contribution is 2.22. The molecule has 10 nitrogen and oxygen atoms in total. The molecule has 7 N–H and O–H groups in total. The molecule has 0 aromatic carbocycles. The van der Waals surface area contributed by atoms with Crippen LogP contribution in [0.2, 0.25) is 0 Å². The van der Waals surface area contributed by atoms with Crippen LogP contribution < -0.4 is 5.32 Å². The number of hydrogen-bond donors (Lipinski definition) is 7. The fraction of sp³-hybridized carbons (Fsp3) is 0.875. The lowest BCUT2D eigenvalue weighted by atomic mass is 9.99. The maximum absolute atomic E-state index is 12.9. The Morgan fingerprint density at radius 1 is 0.680 bits per heavy atom. The highest BCUT2D eigenvalue weighted by Gasteiger charge is 2.44. The van der Waals surface area contributed by atoms with E-state index >= 15 is 0 Å². The molecule has 1 amide bonds. The number of allylic oxidation sites excluding steroid dienone is 3. The molecule has 0 aliphatic carbocycles. The molecule has 0 bridgehead atoms. The summed E-state index contributed by atoms with van der Waals surface area (Å²) in [5.41, 5.74) is 0. The number of carbonyl (C=O) groups excluding carboxylic acids is 1. The van der Waals surface area contributed by atoms with Crippen LogP contribution in [0, 0.1) is 0 Å². The molecule has 10 heteroatoms. The number of unbranched alkanes of at least 4 members (excludes halogenated alkanes) is 19. The summed E-state index contributed by atoms with van der Waals surface area (Å²) in [7, 11) is 0. The van der Waals surface area contributed by atoms with Gasteiger partial charge in [-0.15, -0.1) is 0 Å². The van der Waals surface area contributed by atoms with E-state index in [-0.39, 0.29) is 6.61 Å². The Morgan fingerprint density at radius 2 is 1.18 bits per heavy atom. The molecule has 1 aliphatic heterocycles. The minimum Gasteiger partial charge on any atom is -0.394 e. The highest BCUT2D eigenvalue weighted by molar-refractivity contribution is 5.80. The normalized spacial score (nSPS) is 23.1. The van der Waals surface area contributed by atoms with Crippen molar-refractivity contribution < 1.29 is 44.9 Å². The summed E-state index contributed by atoms with van der Waals surface area (Å²) in [4.78, 5) is 12.9. The molecule has 294 valence electrons. The van der Waals surface area contributed by atoms with Gasteiger partial charge in [0, 0.05) is 0 Å². The summed E-state index contributed by atoms with van der Waals surface area (Å²) in [5.74, 6) is -0.628. The van der Waals surface area contributed by atoms with Crippen LogP contribution in [0.4, 0.5) is 0 Å². The van der Waals surface area contributed by atoms with Crippen LogP contribution in [0.25, 0.3) is 0 Å². The summed E-state index contributed by atoms with van der Waals surface area (Å²) in [6.07, 6.45) is 24.1. The lowest BCUT2D eigenvalue weighted by molar-refractivity contribution is -0.302.